The summed E-state index contributed by atoms with van der Waals surface area (Å²) in [6.07, 6.45) is 2.93. The van der Waals surface area contributed by atoms with Crippen molar-refractivity contribution in [1.82, 2.24) is 10.2 Å². The fraction of sp³-hybridized carbons (Fsp3) is 0.222. The number of carbonyl (C=O) groups is 1. The molecular weight excluding hydrogens is 425 g/mol. The van der Waals surface area contributed by atoms with Crippen LogP contribution in [0.5, 0.6) is 0 Å². The van der Waals surface area contributed by atoms with Gasteiger partial charge in [-0.05, 0) is 60.7 Å². The number of nitrogens with one attached hydrogen (secondary N) is 1. The predicted molar refractivity (Wildman–Crippen MR) is 123 cm³/mol. The first-order valence-electron chi connectivity index (χ1n) is 10.8. The average Bonchev–Trinajstić information content (AvgIpc) is 2.79. The lowest BCUT2D eigenvalue weighted by molar-refractivity contribution is 0.126. The van der Waals surface area contributed by atoms with E-state index in [1.54, 1.807) is 35.2 Å². The minimum atomic E-state index is -0.632. The van der Waals surface area contributed by atoms with Gasteiger partial charge in [0.25, 0.3) is 0 Å². The normalized spacial score (nSPS) is 19.2. The van der Waals surface area contributed by atoms with Crippen LogP contribution in [0, 0.1) is 17.5 Å². The van der Waals surface area contributed by atoms with E-state index < -0.39 is 17.2 Å². The summed E-state index contributed by atoms with van der Waals surface area (Å²) in [5.41, 5.74) is 2.06. The molecule has 3 aromatic carbocycles. The highest BCUT2D eigenvalue weighted by Crippen LogP contribution is 2.36. The molecule has 6 heteroatoms. The molecule has 3 aromatic rings. The van der Waals surface area contributed by atoms with E-state index in [1.807, 2.05) is 19.1 Å². The number of benzene rings is 3. The number of carbonyl (C=O) groups excluding carboxylic acids is 1. The molecule has 0 aromatic heterocycles. The van der Waals surface area contributed by atoms with Gasteiger partial charge in [-0.3, -0.25) is 0 Å². The smallest absolute Gasteiger partial charge is 0.318 e. The summed E-state index contributed by atoms with van der Waals surface area (Å²) in [4.78, 5) is 14.9. The summed E-state index contributed by atoms with van der Waals surface area (Å²) in [5.74, 6) is -1.56. The van der Waals surface area contributed by atoms with E-state index in [0.717, 1.165) is 17.2 Å². The van der Waals surface area contributed by atoms with E-state index in [4.69, 9.17) is 0 Å². The van der Waals surface area contributed by atoms with Gasteiger partial charge in [-0.15, -0.1) is 6.58 Å². The number of urea groups is 1. The van der Waals surface area contributed by atoms with Gasteiger partial charge in [-0.25, -0.2) is 18.0 Å². The summed E-state index contributed by atoms with van der Waals surface area (Å²) < 4.78 is 40.7. The molecule has 4 rings (SSSR count). The first kappa shape index (κ1) is 22.6. The average molecular weight is 451 g/mol. The number of rotatable bonds is 6. The maximum absolute atomic E-state index is 14.1. The maximum atomic E-state index is 14.1. The lowest BCUT2D eigenvalue weighted by Gasteiger charge is -2.44. The Morgan fingerprint density at radius 2 is 1.70 bits per heavy atom. The quantitative estimate of drug-likeness (QED) is 0.416. The van der Waals surface area contributed by atoms with Gasteiger partial charge in [0.2, 0.25) is 0 Å². The standard InChI is InChI=1S/C27H25F3N2O/c1-3-14-27(21-8-10-22(28)11-9-21)15-16-32(26(33)31-27)18(2)19-4-6-20(7-5-19)24-13-12-23(29)17-25(24)30/h3-13,17-18H,1,14-16H2,2H3,(H,31,33). The van der Waals surface area contributed by atoms with Crippen molar-refractivity contribution < 1.29 is 18.0 Å². The van der Waals surface area contributed by atoms with Crippen LogP contribution < -0.4 is 5.32 Å². The van der Waals surface area contributed by atoms with E-state index in [-0.39, 0.29) is 17.9 Å². The zero-order valence-corrected chi connectivity index (χ0v) is 18.3. The number of hydrogen-bond donors (Lipinski definition) is 1. The molecule has 0 spiro atoms. The highest BCUT2D eigenvalue weighted by molar-refractivity contribution is 5.77. The monoisotopic (exact) mass is 450 g/mol. The van der Waals surface area contributed by atoms with Crippen LogP contribution in [-0.2, 0) is 5.54 Å². The lowest BCUT2D eigenvalue weighted by Crippen LogP contribution is -2.58. The second-order valence-electron chi connectivity index (χ2n) is 8.38. The minimum absolute atomic E-state index is 0.214. The van der Waals surface area contributed by atoms with Crippen molar-refractivity contribution in [2.45, 2.75) is 31.3 Å². The lowest BCUT2D eigenvalue weighted by atomic mass is 9.81. The number of halogens is 3. The van der Waals surface area contributed by atoms with Crippen LogP contribution in [0.3, 0.4) is 0 Å². The first-order valence-corrected chi connectivity index (χ1v) is 10.8. The van der Waals surface area contributed by atoms with Crippen molar-refractivity contribution >= 4 is 6.03 Å². The van der Waals surface area contributed by atoms with Crippen LogP contribution in [0.1, 0.15) is 36.9 Å². The Bertz CT molecular complexity index is 1160. The van der Waals surface area contributed by atoms with E-state index in [1.165, 1.54) is 24.3 Å². The third kappa shape index (κ3) is 4.51. The van der Waals surface area contributed by atoms with Crippen molar-refractivity contribution in [3.8, 4) is 11.1 Å². The fourth-order valence-corrected chi connectivity index (χ4v) is 4.47. The van der Waals surface area contributed by atoms with Gasteiger partial charge in [0.15, 0.2) is 0 Å². The van der Waals surface area contributed by atoms with E-state index in [2.05, 4.69) is 11.9 Å². The largest absolute Gasteiger partial charge is 0.328 e. The summed E-state index contributed by atoms with van der Waals surface area (Å²) in [6, 6.07) is 16.5. The van der Waals surface area contributed by atoms with E-state index in [0.29, 0.717) is 30.5 Å². The van der Waals surface area contributed by atoms with Crippen LogP contribution in [-0.4, -0.2) is 17.5 Å². The molecule has 2 amide bonds. The molecule has 0 radical (unpaired) electrons. The Labute approximate surface area is 191 Å². The van der Waals surface area contributed by atoms with Gasteiger partial charge in [0.1, 0.15) is 17.5 Å². The second kappa shape index (κ2) is 9.14. The van der Waals surface area contributed by atoms with Gasteiger partial charge < -0.3 is 10.2 Å². The molecule has 1 N–H and O–H groups in total. The highest BCUT2D eigenvalue weighted by Gasteiger charge is 2.40. The SMILES string of the molecule is C=CCC1(c2ccc(F)cc2)CCN(C(C)c2ccc(-c3ccc(F)cc3F)cc2)C(=O)N1. The molecule has 3 nitrogen and oxygen atoms in total. The van der Waals surface area contributed by atoms with Crippen molar-refractivity contribution in [3.63, 3.8) is 0 Å². The summed E-state index contributed by atoms with van der Waals surface area (Å²) in [5, 5.41) is 3.13. The number of nitrogens with zero attached hydrogens (tertiary/aromatic N) is 1. The van der Waals surface area contributed by atoms with Gasteiger partial charge in [0.05, 0.1) is 11.6 Å². The molecule has 170 valence electrons. The number of hydrogen-bond acceptors (Lipinski definition) is 1. The Hall–Kier alpha value is -3.54. The van der Waals surface area contributed by atoms with Gasteiger partial charge in [0, 0.05) is 18.2 Å². The Morgan fingerprint density at radius 1 is 1.03 bits per heavy atom. The van der Waals surface area contributed by atoms with Crippen LogP contribution in [0.15, 0.2) is 79.4 Å². The minimum Gasteiger partial charge on any atom is -0.328 e. The molecule has 2 unspecified atom stereocenters. The topological polar surface area (TPSA) is 32.3 Å². The van der Waals surface area contributed by atoms with Crippen LogP contribution in [0.4, 0.5) is 18.0 Å². The molecule has 1 heterocycles. The molecule has 1 aliphatic rings. The van der Waals surface area contributed by atoms with Crippen LogP contribution in [0.2, 0.25) is 0 Å². The fourth-order valence-electron chi connectivity index (χ4n) is 4.47. The molecule has 1 saturated heterocycles. The Balaban J connectivity index is 1.52. The molecule has 0 aliphatic carbocycles. The molecular formula is C27H25F3N2O. The summed E-state index contributed by atoms with van der Waals surface area (Å²) >= 11 is 0. The Kier molecular flexibility index (Phi) is 6.27. The molecule has 2 atom stereocenters. The molecule has 0 bridgehead atoms. The van der Waals surface area contributed by atoms with Gasteiger partial charge >= 0.3 is 6.03 Å². The number of amides is 2. The molecule has 1 fully saturated rings. The second-order valence-corrected chi connectivity index (χ2v) is 8.38. The van der Waals surface area contributed by atoms with Crippen LogP contribution >= 0.6 is 0 Å². The van der Waals surface area contributed by atoms with E-state index >= 15 is 0 Å². The molecule has 1 aliphatic heterocycles. The highest BCUT2D eigenvalue weighted by atomic mass is 19.1. The van der Waals surface area contributed by atoms with Crippen molar-refractivity contribution in [1.29, 1.82) is 0 Å². The van der Waals surface area contributed by atoms with Gasteiger partial charge in [-0.1, -0.05) is 42.5 Å². The summed E-state index contributed by atoms with van der Waals surface area (Å²) in [7, 11) is 0. The zero-order valence-electron chi connectivity index (χ0n) is 18.3. The first-order chi connectivity index (χ1) is 15.8. The van der Waals surface area contributed by atoms with Crippen molar-refractivity contribution in [3.05, 3.63) is 108 Å². The van der Waals surface area contributed by atoms with Crippen LogP contribution in [0.25, 0.3) is 11.1 Å². The van der Waals surface area contributed by atoms with Crippen molar-refractivity contribution in [2.24, 2.45) is 0 Å². The third-order valence-electron chi connectivity index (χ3n) is 6.38. The van der Waals surface area contributed by atoms with Gasteiger partial charge in [-0.2, -0.15) is 0 Å². The summed E-state index contributed by atoms with van der Waals surface area (Å²) in [6.45, 7) is 6.27. The Morgan fingerprint density at radius 3 is 2.30 bits per heavy atom. The predicted octanol–water partition coefficient (Wildman–Crippen LogP) is 6.72. The maximum Gasteiger partial charge on any atom is 0.318 e. The third-order valence-corrected chi connectivity index (χ3v) is 6.38. The van der Waals surface area contributed by atoms with Crippen molar-refractivity contribution in [2.75, 3.05) is 6.54 Å². The molecule has 33 heavy (non-hydrogen) atoms. The zero-order chi connectivity index (χ0) is 23.6. The molecule has 0 saturated carbocycles. The van der Waals surface area contributed by atoms with E-state index in [9.17, 15) is 18.0 Å².